The number of guanidine groups is 1. The molecule has 0 aliphatic heterocycles. The zero-order valence-electron chi connectivity index (χ0n) is 14.5. The fourth-order valence-electron chi connectivity index (χ4n) is 1.99. The third-order valence-corrected chi connectivity index (χ3v) is 3.18. The SMILES string of the molecule is CCNC(=NCCN(C)CCCOC)NCCn1cccn1.I. The molecule has 1 aromatic rings. The molecule has 0 saturated heterocycles. The Balaban J connectivity index is 0.00000484. The zero-order valence-corrected chi connectivity index (χ0v) is 16.8. The molecule has 0 atom stereocenters. The number of methoxy groups -OCH3 is 1. The second-order valence-electron chi connectivity index (χ2n) is 5.11. The lowest BCUT2D eigenvalue weighted by atomic mass is 10.4. The third kappa shape index (κ3) is 11.3. The topological polar surface area (TPSA) is 66.7 Å². The molecular formula is C15H31IN6O. The van der Waals surface area contributed by atoms with Gasteiger partial charge in [0.2, 0.25) is 0 Å². The average Bonchev–Trinajstić information content (AvgIpc) is 3.01. The van der Waals surface area contributed by atoms with Crippen molar-refractivity contribution in [3.63, 3.8) is 0 Å². The summed E-state index contributed by atoms with van der Waals surface area (Å²) in [4.78, 5) is 6.87. The van der Waals surface area contributed by atoms with E-state index in [9.17, 15) is 0 Å². The molecule has 1 aromatic heterocycles. The summed E-state index contributed by atoms with van der Waals surface area (Å²) in [6.45, 7) is 8.13. The maximum atomic E-state index is 5.06. The number of aromatic nitrogens is 2. The van der Waals surface area contributed by atoms with Crippen LogP contribution in [0.15, 0.2) is 23.5 Å². The van der Waals surface area contributed by atoms with Gasteiger partial charge in [-0.25, -0.2) is 0 Å². The largest absolute Gasteiger partial charge is 0.385 e. The predicted molar refractivity (Wildman–Crippen MR) is 106 cm³/mol. The van der Waals surface area contributed by atoms with Crippen LogP contribution in [0.4, 0.5) is 0 Å². The highest BCUT2D eigenvalue weighted by Crippen LogP contribution is 1.88. The van der Waals surface area contributed by atoms with Gasteiger partial charge in [-0.2, -0.15) is 5.10 Å². The number of hydrogen-bond donors (Lipinski definition) is 2. The molecule has 0 spiro atoms. The van der Waals surface area contributed by atoms with Gasteiger partial charge < -0.3 is 20.3 Å². The molecule has 0 amide bonds. The Morgan fingerprint density at radius 2 is 2.17 bits per heavy atom. The van der Waals surface area contributed by atoms with Gasteiger partial charge in [0.25, 0.3) is 0 Å². The molecule has 134 valence electrons. The minimum atomic E-state index is 0. The van der Waals surface area contributed by atoms with E-state index in [1.165, 1.54) is 0 Å². The number of halogens is 1. The molecule has 0 saturated carbocycles. The van der Waals surface area contributed by atoms with Crippen LogP contribution in [0.3, 0.4) is 0 Å². The van der Waals surface area contributed by atoms with Gasteiger partial charge in [0.05, 0.1) is 13.1 Å². The van der Waals surface area contributed by atoms with Crippen LogP contribution < -0.4 is 10.6 Å². The summed E-state index contributed by atoms with van der Waals surface area (Å²) in [5.74, 6) is 0.861. The van der Waals surface area contributed by atoms with Gasteiger partial charge in [-0.05, 0) is 26.5 Å². The molecule has 0 aliphatic rings. The summed E-state index contributed by atoms with van der Waals surface area (Å²) in [5.41, 5.74) is 0. The van der Waals surface area contributed by atoms with Gasteiger partial charge in [-0.1, -0.05) is 0 Å². The minimum absolute atomic E-state index is 0. The number of aliphatic imine (C=N–C) groups is 1. The quantitative estimate of drug-likeness (QED) is 0.234. The first-order valence-corrected chi connectivity index (χ1v) is 7.93. The lowest BCUT2D eigenvalue weighted by molar-refractivity contribution is 0.180. The molecular weight excluding hydrogens is 407 g/mol. The van der Waals surface area contributed by atoms with Gasteiger partial charge in [-0.3, -0.25) is 9.67 Å². The highest BCUT2D eigenvalue weighted by molar-refractivity contribution is 14.0. The summed E-state index contributed by atoms with van der Waals surface area (Å²) in [6, 6.07) is 1.93. The van der Waals surface area contributed by atoms with Crippen molar-refractivity contribution >= 4 is 29.9 Å². The Kier molecular flexibility index (Phi) is 14.1. The number of rotatable bonds is 11. The second kappa shape index (κ2) is 14.7. The number of nitrogens with zero attached hydrogens (tertiary/aromatic N) is 4. The molecule has 7 nitrogen and oxygen atoms in total. The number of ether oxygens (including phenoxy) is 1. The minimum Gasteiger partial charge on any atom is -0.385 e. The van der Waals surface area contributed by atoms with Crippen molar-refractivity contribution < 1.29 is 4.74 Å². The van der Waals surface area contributed by atoms with Crippen LogP contribution in [0.1, 0.15) is 13.3 Å². The summed E-state index contributed by atoms with van der Waals surface area (Å²) in [5, 5.41) is 10.8. The van der Waals surface area contributed by atoms with Crippen LogP contribution >= 0.6 is 24.0 Å². The van der Waals surface area contributed by atoms with Gasteiger partial charge in [0, 0.05) is 52.3 Å². The smallest absolute Gasteiger partial charge is 0.191 e. The first-order valence-electron chi connectivity index (χ1n) is 7.93. The standard InChI is InChI=1S/C15H30N6O.HI/c1-4-16-15(18-9-13-21-11-5-7-19-21)17-8-12-20(2)10-6-14-22-3;/h5,7,11H,4,6,8-10,12-14H2,1-3H3,(H2,16,17,18);1H. The van der Waals surface area contributed by atoms with E-state index in [1.54, 1.807) is 13.3 Å². The predicted octanol–water partition coefficient (Wildman–Crippen LogP) is 1.02. The van der Waals surface area contributed by atoms with Crippen LogP contribution in [0.5, 0.6) is 0 Å². The lowest BCUT2D eigenvalue weighted by Crippen LogP contribution is -2.39. The van der Waals surface area contributed by atoms with Crippen LogP contribution in [-0.2, 0) is 11.3 Å². The van der Waals surface area contributed by atoms with Crippen molar-refractivity contribution in [3.05, 3.63) is 18.5 Å². The molecule has 0 aromatic carbocycles. The molecule has 1 rings (SSSR count). The van der Waals surface area contributed by atoms with Gasteiger partial charge >= 0.3 is 0 Å². The van der Waals surface area contributed by atoms with Gasteiger partial charge in [-0.15, -0.1) is 24.0 Å². The molecule has 0 bridgehead atoms. The lowest BCUT2D eigenvalue weighted by Gasteiger charge is -2.16. The van der Waals surface area contributed by atoms with E-state index in [2.05, 4.69) is 39.6 Å². The Labute approximate surface area is 156 Å². The average molecular weight is 438 g/mol. The van der Waals surface area contributed by atoms with Crippen LogP contribution in [0, 0.1) is 0 Å². The normalized spacial score (nSPS) is 11.4. The first kappa shape index (κ1) is 22.1. The van der Waals surface area contributed by atoms with Gasteiger partial charge in [0.15, 0.2) is 5.96 Å². The maximum Gasteiger partial charge on any atom is 0.191 e. The Bertz CT molecular complexity index is 399. The summed E-state index contributed by atoms with van der Waals surface area (Å²) < 4.78 is 6.96. The van der Waals surface area contributed by atoms with Crippen molar-refractivity contribution in [2.75, 3.05) is 53.5 Å². The fourth-order valence-corrected chi connectivity index (χ4v) is 1.99. The fraction of sp³-hybridized carbons (Fsp3) is 0.733. The van der Waals surface area contributed by atoms with E-state index in [4.69, 9.17) is 4.74 Å². The summed E-state index contributed by atoms with van der Waals surface area (Å²) in [7, 11) is 3.85. The van der Waals surface area contributed by atoms with Gasteiger partial charge in [0.1, 0.15) is 0 Å². The van der Waals surface area contributed by atoms with Crippen molar-refractivity contribution in [3.8, 4) is 0 Å². The molecule has 8 heteroatoms. The maximum absolute atomic E-state index is 5.06. The van der Waals surface area contributed by atoms with E-state index in [0.29, 0.717) is 0 Å². The Morgan fingerprint density at radius 1 is 1.35 bits per heavy atom. The molecule has 23 heavy (non-hydrogen) atoms. The Hall–Kier alpha value is -0.870. The molecule has 0 aliphatic carbocycles. The molecule has 0 unspecified atom stereocenters. The molecule has 1 heterocycles. The summed E-state index contributed by atoms with van der Waals surface area (Å²) in [6.07, 6.45) is 4.80. The monoisotopic (exact) mass is 438 g/mol. The Morgan fingerprint density at radius 3 is 2.83 bits per heavy atom. The van der Waals surface area contributed by atoms with Crippen molar-refractivity contribution in [1.82, 2.24) is 25.3 Å². The van der Waals surface area contributed by atoms with E-state index < -0.39 is 0 Å². The van der Waals surface area contributed by atoms with E-state index in [1.807, 2.05) is 16.9 Å². The van der Waals surface area contributed by atoms with Crippen LogP contribution in [0.25, 0.3) is 0 Å². The van der Waals surface area contributed by atoms with Crippen LogP contribution in [-0.4, -0.2) is 74.1 Å². The molecule has 0 radical (unpaired) electrons. The second-order valence-corrected chi connectivity index (χ2v) is 5.11. The first-order chi connectivity index (χ1) is 10.8. The molecule has 0 fully saturated rings. The number of likely N-dealkylation sites (N-methyl/N-ethyl adjacent to an activating group) is 1. The number of hydrogen-bond acceptors (Lipinski definition) is 4. The van der Waals surface area contributed by atoms with Crippen molar-refractivity contribution in [2.24, 2.45) is 4.99 Å². The highest BCUT2D eigenvalue weighted by atomic mass is 127. The highest BCUT2D eigenvalue weighted by Gasteiger charge is 2.00. The van der Waals surface area contributed by atoms with E-state index in [0.717, 1.165) is 58.3 Å². The van der Waals surface area contributed by atoms with E-state index in [-0.39, 0.29) is 24.0 Å². The van der Waals surface area contributed by atoms with E-state index >= 15 is 0 Å². The third-order valence-electron chi connectivity index (χ3n) is 3.18. The molecule has 2 N–H and O–H groups in total. The van der Waals surface area contributed by atoms with Crippen LogP contribution in [0.2, 0.25) is 0 Å². The van der Waals surface area contributed by atoms with Crippen molar-refractivity contribution in [1.29, 1.82) is 0 Å². The number of nitrogens with one attached hydrogen (secondary N) is 2. The summed E-state index contributed by atoms with van der Waals surface area (Å²) >= 11 is 0. The zero-order chi connectivity index (χ0) is 16.0. The van der Waals surface area contributed by atoms with Crippen molar-refractivity contribution in [2.45, 2.75) is 19.9 Å².